The van der Waals surface area contributed by atoms with E-state index in [0.717, 1.165) is 18.7 Å². The Balaban J connectivity index is 2.45. The van der Waals surface area contributed by atoms with Gasteiger partial charge in [-0.1, -0.05) is 30.3 Å². The van der Waals surface area contributed by atoms with Gasteiger partial charge in [0.2, 0.25) is 0 Å². The van der Waals surface area contributed by atoms with Crippen molar-refractivity contribution < 1.29 is 9.84 Å². The first kappa shape index (κ1) is 15.0. The van der Waals surface area contributed by atoms with Crippen LogP contribution in [0.25, 0.3) is 0 Å². The summed E-state index contributed by atoms with van der Waals surface area (Å²) in [4.78, 5) is 0. The summed E-state index contributed by atoms with van der Waals surface area (Å²) in [6.07, 6.45) is 0.767. The highest BCUT2D eigenvalue weighted by Gasteiger charge is 2.04. The minimum Gasteiger partial charge on any atom is -0.488 e. The molecule has 1 aromatic rings. The third-order valence-electron chi connectivity index (χ3n) is 2.56. The van der Waals surface area contributed by atoms with Gasteiger partial charge in [-0.05, 0) is 37.6 Å². The molecule has 0 aromatic heterocycles. The fourth-order valence-corrected chi connectivity index (χ4v) is 1.58. The zero-order chi connectivity index (χ0) is 13.4. The van der Waals surface area contributed by atoms with Crippen molar-refractivity contribution in [3.8, 4) is 5.75 Å². The van der Waals surface area contributed by atoms with Crippen molar-refractivity contribution in [2.75, 3.05) is 19.8 Å². The highest BCUT2D eigenvalue weighted by Crippen LogP contribution is 2.18. The summed E-state index contributed by atoms with van der Waals surface area (Å²) in [5, 5.41) is 12.5. The van der Waals surface area contributed by atoms with E-state index in [1.807, 2.05) is 24.3 Å². The second-order valence-corrected chi connectivity index (χ2v) is 4.66. The lowest BCUT2D eigenvalue weighted by Crippen LogP contribution is -2.20. The van der Waals surface area contributed by atoms with E-state index in [9.17, 15) is 0 Å². The van der Waals surface area contributed by atoms with Gasteiger partial charge in [-0.2, -0.15) is 0 Å². The maximum atomic E-state index is 8.72. The van der Waals surface area contributed by atoms with Gasteiger partial charge in [-0.25, -0.2) is 0 Å². The third-order valence-corrected chi connectivity index (χ3v) is 2.67. The Bertz CT molecular complexity index is 365. The minimum absolute atomic E-state index is 0.217. The Morgan fingerprint density at radius 1 is 1.44 bits per heavy atom. The summed E-state index contributed by atoms with van der Waals surface area (Å²) >= 11 is 5.63. The van der Waals surface area contributed by atoms with Crippen molar-refractivity contribution in [3.05, 3.63) is 41.4 Å². The molecule has 0 aliphatic rings. The van der Waals surface area contributed by atoms with E-state index >= 15 is 0 Å². The van der Waals surface area contributed by atoms with Gasteiger partial charge in [0.15, 0.2) is 0 Å². The smallest absolute Gasteiger partial charge is 0.123 e. The van der Waals surface area contributed by atoms with Crippen LogP contribution in [0.4, 0.5) is 0 Å². The van der Waals surface area contributed by atoms with Gasteiger partial charge in [-0.15, -0.1) is 0 Å². The van der Waals surface area contributed by atoms with Crippen molar-refractivity contribution in [1.82, 2.24) is 5.32 Å². The molecular formula is C14H20ClNO2. The van der Waals surface area contributed by atoms with Crippen LogP contribution in [0, 0.1) is 0 Å². The van der Waals surface area contributed by atoms with Gasteiger partial charge in [-0.3, -0.25) is 0 Å². The van der Waals surface area contributed by atoms with Gasteiger partial charge in [0, 0.05) is 17.7 Å². The molecule has 100 valence electrons. The SMILES string of the molecule is C=C(Cl)COc1ccc(C(C)NCCCO)cc1. The van der Waals surface area contributed by atoms with Crippen molar-refractivity contribution >= 4 is 11.6 Å². The van der Waals surface area contributed by atoms with E-state index in [2.05, 4.69) is 18.8 Å². The van der Waals surface area contributed by atoms with E-state index in [1.54, 1.807) is 0 Å². The molecule has 18 heavy (non-hydrogen) atoms. The molecule has 0 heterocycles. The number of rotatable bonds is 8. The van der Waals surface area contributed by atoms with Crippen LogP contribution in [0.5, 0.6) is 5.75 Å². The summed E-state index contributed by atoms with van der Waals surface area (Å²) in [7, 11) is 0. The number of benzene rings is 1. The third kappa shape index (κ3) is 5.54. The van der Waals surface area contributed by atoms with Crippen LogP contribution in [0.2, 0.25) is 0 Å². The molecule has 0 aliphatic heterocycles. The quantitative estimate of drug-likeness (QED) is 0.713. The number of hydrogen-bond acceptors (Lipinski definition) is 3. The average molecular weight is 270 g/mol. The first-order valence-corrected chi connectivity index (χ1v) is 6.41. The molecule has 0 bridgehead atoms. The number of nitrogens with one attached hydrogen (secondary N) is 1. The first-order chi connectivity index (χ1) is 8.63. The number of aliphatic hydroxyl groups is 1. The molecule has 0 amide bonds. The maximum Gasteiger partial charge on any atom is 0.123 e. The van der Waals surface area contributed by atoms with Gasteiger partial charge >= 0.3 is 0 Å². The standard InChI is InChI=1S/C14H20ClNO2/c1-11(15)10-18-14-6-4-13(5-7-14)12(2)16-8-3-9-17/h4-7,12,16-17H,1,3,8-10H2,2H3. The zero-order valence-corrected chi connectivity index (χ0v) is 11.4. The van der Waals surface area contributed by atoms with Crippen LogP contribution in [0.1, 0.15) is 24.9 Å². The highest BCUT2D eigenvalue weighted by atomic mass is 35.5. The topological polar surface area (TPSA) is 41.5 Å². The Morgan fingerprint density at radius 2 is 2.11 bits per heavy atom. The molecule has 0 aliphatic carbocycles. The molecule has 2 N–H and O–H groups in total. The molecule has 0 spiro atoms. The van der Waals surface area contributed by atoms with Crippen molar-refractivity contribution in [3.63, 3.8) is 0 Å². The maximum absolute atomic E-state index is 8.72. The minimum atomic E-state index is 0.217. The molecule has 0 saturated carbocycles. The molecule has 1 atom stereocenters. The molecule has 1 unspecified atom stereocenters. The number of aliphatic hydroxyl groups excluding tert-OH is 1. The van der Waals surface area contributed by atoms with Gasteiger partial charge in [0.05, 0.1) is 0 Å². The van der Waals surface area contributed by atoms with Crippen LogP contribution in [-0.2, 0) is 0 Å². The van der Waals surface area contributed by atoms with Crippen LogP contribution in [0.3, 0.4) is 0 Å². The number of hydrogen-bond donors (Lipinski definition) is 2. The monoisotopic (exact) mass is 269 g/mol. The molecule has 1 aromatic carbocycles. The lowest BCUT2D eigenvalue weighted by molar-refractivity contribution is 0.284. The predicted molar refractivity (Wildman–Crippen MR) is 75.1 cm³/mol. The van der Waals surface area contributed by atoms with E-state index in [4.69, 9.17) is 21.4 Å². The van der Waals surface area contributed by atoms with Gasteiger partial charge in [0.25, 0.3) is 0 Å². The molecular weight excluding hydrogens is 250 g/mol. The Morgan fingerprint density at radius 3 is 2.67 bits per heavy atom. The molecule has 4 heteroatoms. The summed E-state index contributed by atoms with van der Waals surface area (Å²) in [6, 6.07) is 8.12. The summed E-state index contributed by atoms with van der Waals surface area (Å²) < 4.78 is 5.42. The van der Waals surface area contributed by atoms with E-state index in [0.29, 0.717) is 11.6 Å². The molecule has 1 rings (SSSR count). The fraction of sp³-hybridized carbons (Fsp3) is 0.429. The molecule has 0 fully saturated rings. The summed E-state index contributed by atoms with van der Waals surface area (Å²) in [6.45, 7) is 7.01. The lowest BCUT2D eigenvalue weighted by atomic mass is 10.1. The largest absolute Gasteiger partial charge is 0.488 e. The predicted octanol–water partition coefficient (Wildman–Crippen LogP) is 2.85. The Kier molecular flexibility index (Phi) is 6.80. The lowest BCUT2D eigenvalue weighted by Gasteiger charge is -2.14. The Hall–Kier alpha value is -1.03. The fourth-order valence-electron chi connectivity index (χ4n) is 1.53. The second-order valence-electron chi connectivity index (χ2n) is 4.13. The Labute approximate surface area is 113 Å². The van der Waals surface area contributed by atoms with E-state index < -0.39 is 0 Å². The zero-order valence-electron chi connectivity index (χ0n) is 10.7. The molecule has 3 nitrogen and oxygen atoms in total. The van der Waals surface area contributed by atoms with Gasteiger partial charge in [0.1, 0.15) is 12.4 Å². The van der Waals surface area contributed by atoms with E-state index in [1.165, 1.54) is 5.56 Å². The van der Waals surface area contributed by atoms with Crippen molar-refractivity contribution in [2.45, 2.75) is 19.4 Å². The van der Waals surface area contributed by atoms with Gasteiger partial charge < -0.3 is 15.2 Å². The van der Waals surface area contributed by atoms with Crippen LogP contribution < -0.4 is 10.1 Å². The van der Waals surface area contributed by atoms with Crippen molar-refractivity contribution in [1.29, 1.82) is 0 Å². The highest BCUT2D eigenvalue weighted by molar-refractivity contribution is 6.29. The number of ether oxygens (including phenoxy) is 1. The first-order valence-electron chi connectivity index (χ1n) is 6.03. The summed E-state index contributed by atoms with van der Waals surface area (Å²) in [5.74, 6) is 0.781. The second kappa shape index (κ2) is 8.14. The van der Waals surface area contributed by atoms with Crippen LogP contribution in [0.15, 0.2) is 35.9 Å². The van der Waals surface area contributed by atoms with Crippen molar-refractivity contribution in [2.24, 2.45) is 0 Å². The average Bonchev–Trinajstić information content (AvgIpc) is 2.37. The van der Waals surface area contributed by atoms with Crippen LogP contribution in [-0.4, -0.2) is 24.9 Å². The molecule has 0 saturated heterocycles. The molecule has 0 radical (unpaired) electrons. The number of halogens is 1. The van der Waals surface area contributed by atoms with Crippen LogP contribution >= 0.6 is 11.6 Å². The van der Waals surface area contributed by atoms with E-state index in [-0.39, 0.29) is 12.6 Å². The normalized spacial score (nSPS) is 12.2. The summed E-state index contributed by atoms with van der Waals surface area (Å²) in [5.41, 5.74) is 1.19.